The van der Waals surface area contributed by atoms with Crippen molar-refractivity contribution in [3.63, 3.8) is 0 Å². The molecule has 0 radical (unpaired) electrons. The fourth-order valence-electron chi connectivity index (χ4n) is 3.61. The van der Waals surface area contributed by atoms with Gasteiger partial charge in [-0.1, -0.05) is 49.4 Å². The van der Waals surface area contributed by atoms with Crippen LogP contribution >= 0.6 is 0 Å². The molecule has 1 aromatic carbocycles. The van der Waals surface area contributed by atoms with E-state index in [1.165, 1.54) is 33.4 Å². The van der Waals surface area contributed by atoms with E-state index < -0.39 is 0 Å². The monoisotopic (exact) mass is 266 g/mol. The van der Waals surface area contributed by atoms with Crippen molar-refractivity contribution in [3.8, 4) is 0 Å². The van der Waals surface area contributed by atoms with Crippen molar-refractivity contribution in [2.24, 2.45) is 11.8 Å². The van der Waals surface area contributed by atoms with Crippen molar-refractivity contribution in [1.29, 1.82) is 0 Å². The Morgan fingerprint density at radius 3 is 2.45 bits per heavy atom. The zero-order valence-electron chi connectivity index (χ0n) is 12.7. The smallest absolute Gasteiger partial charge is 0.0606 e. The van der Waals surface area contributed by atoms with Crippen molar-refractivity contribution in [3.05, 3.63) is 59.2 Å². The predicted octanol–water partition coefficient (Wildman–Crippen LogP) is 4.71. The summed E-state index contributed by atoms with van der Waals surface area (Å²) >= 11 is 0. The molecule has 0 aromatic heterocycles. The van der Waals surface area contributed by atoms with Gasteiger partial charge in [0.2, 0.25) is 0 Å². The zero-order valence-corrected chi connectivity index (χ0v) is 12.7. The summed E-state index contributed by atoms with van der Waals surface area (Å²) in [6, 6.07) is 8.62. The third-order valence-electron chi connectivity index (χ3n) is 4.93. The highest BCUT2D eigenvalue weighted by Crippen LogP contribution is 2.52. The lowest BCUT2D eigenvalue weighted by Gasteiger charge is -2.33. The van der Waals surface area contributed by atoms with E-state index in [-0.39, 0.29) is 6.10 Å². The lowest BCUT2D eigenvalue weighted by Crippen LogP contribution is -2.24. The molecule has 3 atom stereocenters. The Bertz CT molecular complexity index is 633. The van der Waals surface area contributed by atoms with E-state index in [1.807, 2.05) is 0 Å². The van der Waals surface area contributed by atoms with Crippen LogP contribution < -0.4 is 0 Å². The molecule has 0 spiro atoms. The first-order valence-corrected chi connectivity index (χ1v) is 7.29. The predicted molar refractivity (Wildman–Crippen MR) is 85.3 cm³/mol. The van der Waals surface area contributed by atoms with Crippen LogP contribution in [0.3, 0.4) is 0 Å². The quantitative estimate of drug-likeness (QED) is 0.769. The van der Waals surface area contributed by atoms with Crippen molar-refractivity contribution in [2.75, 3.05) is 7.11 Å². The van der Waals surface area contributed by atoms with Crippen molar-refractivity contribution >= 4 is 11.1 Å². The molecule has 0 N–H and O–H groups in total. The standard InChI is InChI=1S/C19H22O/c1-11-10-17-16-9-7-6-8-15(16)13(3)18(11)19(17)12(2)14(4)20-5/h6-10,12,14,18H,3H2,1-2,4-5H3/t12-,14+,18-/m1/s1. The van der Waals surface area contributed by atoms with Gasteiger partial charge in [-0.25, -0.2) is 0 Å². The van der Waals surface area contributed by atoms with E-state index in [0.717, 1.165) is 0 Å². The molecule has 1 heteroatoms. The average Bonchev–Trinajstić information content (AvgIpc) is 2.77. The Hall–Kier alpha value is -1.60. The number of allylic oxidation sites excluding steroid dienone is 4. The number of methoxy groups -OCH3 is 1. The molecule has 0 saturated carbocycles. The number of ether oxygens (including phenoxy) is 1. The second-order valence-electron chi connectivity index (χ2n) is 5.99. The molecule has 0 heterocycles. The average molecular weight is 266 g/mol. The third kappa shape index (κ3) is 1.73. The largest absolute Gasteiger partial charge is 0.381 e. The molecule has 0 aliphatic heterocycles. The van der Waals surface area contributed by atoms with Gasteiger partial charge < -0.3 is 4.74 Å². The summed E-state index contributed by atoms with van der Waals surface area (Å²) in [6.07, 6.45) is 2.57. The maximum absolute atomic E-state index is 5.56. The normalized spacial score (nSPS) is 23.5. The zero-order chi connectivity index (χ0) is 14.4. The first kappa shape index (κ1) is 13.4. The minimum atomic E-state index is 0.222. The van der Waals surface area contributed by atoms with E-state index in [9.17, 15) is 0 Å². The van der Waals surface area contributed by atoms with Crippen LogP contribution in [0.15, 0.2) is 48.1 Å². The van der Waals surface area contributed by atoms with Crippen LogP contribution in [-0.4, -0.2) is 13.2 Å². The van der Waals surface area contributed by atoms with Crippen LogP contribution in [0.1, 0.15) is 31.9 Å². The summed E-state index contributed by atoms with van der Waals surface area (Å²) in [6.45, 7) is 11.0. The van der Waals surface area contributed by atoms with E-state index in [4.69, 9.17) is 4.74 Å². The molecule has 2 aliphatic rings. The molecule has 104 valence electrons. The summed E-state index contributed by atoms with van der Waals surface area (Å²) in [5.41, 5.74) is 8.16. The molecule has 0 saturated heterocycles. The first-order chi connectivity index (χ1) is 9.56. The number of hydrogen-bond donors (Lipinski definition) is 0. The van der Waals surface area contributed by atoms with Gasteiger partial charge in [0.25, 0.3) is 0 Å². The summed E-state index contributed by atoms with van der Waals surface area (Å²) in [5, 5.41) is 0. The van der Waals surface area contributed by atoms with Crippen molar-refractivity contribution in [1.82, 2.24) is 0 Å². The minimum Gasteiger partial charge on any atom is -0.381 e. The van der Waals surface area contributed by atoms with Gasteiger partial charge in [-0.3, -0.25) is 0 Å². The highest BCUT2D eigenvalue weighted by molar-refractivity contribution is 5.96. The molecule has 1 nitrogen and oxygen atoms in total. The maximum Gasteiger partial charge on any atom is 0.0606 e. The third-order valence-corrected chi connectivity index (χ3v) is 4.93. The summed E-state index contributed by atoms with van der Waals surface area (Å²) < 4.78 is 5.56. The van der Waals surface area contributed by atoms with E-state index >= 15 is 0 Å². The fourth-order valence-corrected chi connectivity index (χ4v) is 3.61. The van der Waals surface area contributed by atoms with Gasteiger partial charge >= 0.3 is 0 Å². The number of rotatable bonds is 3. The topological polar surface area (TPSA) is 9.23 Å². The highest BCUT2D eigenvalue weighted by atomic mass is 16.5. The molecule has 0 amide bonds. The first-order valence-electron chi connectivity index (χ1n) is 7.29. The van der Waals surface area contributed by atoms with Gasteiger partial charge in [-0.15, -0.1) is 0 Å². The number of fused-ring (bicyclic) bond motifs is 3. The number of benzene rings is 1. The molecular weight excluding hydrogens is 244 g/mol. The lowest BCUT2D eigenvalue weighted by atomic mass is 9.73. The van der Waals surface area contributed by atoms with Gasteiger partial charge in [-0.05, 0) is 41.7 Å². The molecule has 0 fully saturated rings. The van der Waals surface area contributed by atoms with E-state index in [2.05, 4.69) is 57.7 Å². The molecule has 3 rings (SSSR count). The highest BCUT2D eigenvalue weighted by Gasteiger charge is 2.38. The molecule has 2 bridgehead atoms. The van der Waals surface area contributed by atoms with Gasteiger partial charge in [0.15, 0.2) is 0 Å². The van der Waals surface area contributed by atoms with Crippen LogP contribution in [0.25, 0.3) is 11.1 Å². The molecular formula is C19H22O. The summed E-state index contributed by atoms with van der Waals surface area (Å²) in [4.78, 5) is 0. The second-order valence-corrected chi connectivity index (χ2v) is 5.99. The van der Waals surface area contributed by atoms with E-state index in [1.54, 1.807) is 7.11 Å². The molecule has 20 heavy (non-hydrogen) atoms. The summed E-state index contributed by atoms with van der Waals surface area (Å²) in [7, 11) is 1.79. The SMILES string of the molecule is C=C1c2ccccc2C2=C([C@H](C)[C@H](C)OC)[C@@H]1C(C)=C2. The maximum atomic E-state index is 5.56. The van der Waals surface area contributed by atoms with Crippen molar-refractivity contribution in [2.45, 2.75) is 26.9 Å². The Morgan fingerprint density at radius 1 is 1.15 bits per heavy atom. The van der Waals surface area contributed by atoms with Crippen molar-refractivity contribution < 1.29 is 4.74 Å². The Balaban J connectivity index is 2.19. The van der Waals surface area contributed by atoms with Crippen LogP contribution in [0.4, 0.5) is 0 Å². The van der Waals surface area contributed by atoms with Gasteiger partial charge in [0, 0.05) is 18.9 Å². The van der Waals surface area contributed by atoms with Gasteiger partial charge in [-0.2, -0.15) is 0 Å². The van der Waals surface area contributed by atoms with Crippen LogP contribution in [0, 0.1) is 11.8 Å². The second kappa shape index (κ2) is 4.75. The van der Waals surface area contributed by atoms with Gasteiger partial charge in [0.05, 0.1) is 6.10 Å². The lowest BCUT2D eigenvalue weighted by molar-refractivity contribution is 0.0847. The molecule has 2 aliphatic carbocycles. The minimum absolute atomic E-state index is 0.222. The Kier molecular flexibility index (Phi) is 3.18. The Labute approximate surface area is 121 Å². The Morgan fingerprint density at radius 2 is 1.80 bits per heavy atom. The summed E-state index contributed by atoms with van der Waals surface area (Å²) in [5.74, 6) is 0.770. The van der Waals surface area contributed by atoms with E-state index in [0.29, 0.717) is 11.8 Å². The number of hydrogen-bond acceptors (Lipinski definition) is 1. The van der Waals surface area contributed by atoms with Crippen LogP contribution in [0.2, 0.25) is 0 Å². The molecule has 0 unspecified atom stereocenters. The van der Waals surface area contributed by atoms with Crippen LogP contribution in [0.5, 0.6) is 0 Å². The fraction of sp³-hybridized carbons (Fsp3) is 0.368. The van der Waals surface area contributed by atoms with Gasteiger partial charge in [0.1, 0.15) is 0 Å². The molecule has 1 aromatic rings. The van der Waals surface area contributed by atoms with Crippen LogP contribution in [-0.2, 0) is 4.74 Å².